The zero-order valence-corrected chi connectivity index (χ0v) is 40.5. The maximum absolute atomic E-state index is 12.6. The number of H-pyrrole nitrogens is 1. The highest BCUT2D eigenvalue weighted by Gasteiger charge is 2.38. The molecule has 0 bridgehead atoms. The number of halogens is 2. The van der Waals surface area contributed by atoms with Crippen LogP contribution in [0.25, 0.3) is 12.2 Å². The standard InChI is InChI=1S/C27H27N3O3.C15H13N3O2.C12H15BrO.CH3F/c1-19(30-26(31)24-4-2-3-5-25(24)27(30)32)6-7-22-16-28-29(17-22)15-14-20-10-12-23(13-11-20)33-18-21-8-9-21;1-10(6-7-11-8-16-17-9-11)18-14(19)12-4-2-3-5-13(12)15(18)20;13-8-7-10-3-5-12(6-4-10)14-9-11-1-2-11;1-2/h2-7,10-13,16-17,19,21H,8-9,14-15,18H2,1H3;2-10H,1H3,(H,16,17);3-6,11H,1-2,7-9H2;1H3/b2*7-6+;;/t19-;10-;;/m00../s1/i;;;1D. The molecule has 2 fully saturated rings. The number of hydrogen-bond acceptors (Lipinski definition) is 8. The van der Waals surface area contributed by atoms with Crippen molar-refractivity contribution in [3.8, 4) is 11.5 Å². The average Bonchev–Trinajstić information content (AvgIpc) is 4.24. The van der Waals surface area contributed by atoms with Crippen LogP contribution in [0.2, 0.25) is 0 Å². The van der Waals surface area contributed by atoms with Crippen LogP contribution in [0.15, 0.2) is 134 Å². The summed E-state index contributed by atoms with van der Waals surface area (Å²) in [5.74, 6) is 2.56. The Kier molecular flexibility index (Phi) is 17.1. The number of carbonyl (C=O) groups excluding carboxylic acids is 4. The zero-order chi connectivity index (χ0) is 49.4. The first-order valence-corrected chi connectivity index (χ1v) is 24.3. The van der Waals surface area contributed by atoms with Gasteiger partial charge >= 0.3 is 0 Å². The van der Waals surface area contributed by atoms with Crippen molar-refractivity contribution in [2.24, 2.45) is 11.8 Å². The van der Waals surface area contributed by atoms with E-state index < -0.39 is 7.15 Å². The molecule has 4 heterocycles. The van der Waals surface area contributed by atoms with E-state index in [1.54, 1.807) is 67.1 Å². The molecule has 2 aromatic heterocycles. The predicted molar refractivity (Wildman–Crippen MR) is 269 cm³/mol. The van der Waals surface area contributed by atoms with Gasteiger partial charge in [-0.05, 0) is 124 Å². The number of benzene rings is 4. The third-order valence-corrected chi connectivity index (χ3v) is 12.4. The Bertz CT molecular complexity index is 2670. The molecule has 0 radical (unpaired) electrons. The predicted octanol–water partition coefficient (Wildman–Crippen LogP) is 10.7. The summed E-state index contributed by atoms with van der Waals surface area (Å²) in [6.45, 7) is 6.16. The first-order valence-electron chi connectivity index (χ1n) is 23.9. The third-order valence-electron chi connectivity index (χ3n) is 12.0. The Morgan fingerprint density at radius 2 is 1.12 bits per heavy atom. The summed E-state index contributed by atoms with van der Waals surface area (Å²) in [5, 5.41) is 12.0. The number of aromatic nitrogens is 4. The number of imide groups is 2. The minimum Gasteiger partial charge on any atom is -0.493 e. The molecule has 14 heteroatoms. The quantitative estimate of drug-likeness (QED) is 0.0704. The number of aryl methyl sites for hydroxylation is 3. The summed E-state index contributed by atoms with van der Waals surface area (Å²) < 4.78 is 28.9. The highest BCUT2D eigenvalue weighted by Crippen LogP contribution is 2.31. The van der Waals surface area contributed by atoms with E-state index in [9.17, 15) is 23.6 Å². The second-order valence-electron chi connectivity index (χ2n) is 17.3. The van der Waals surface area contributed by atoms with Gasteiger partial charge < -0.3 is 9.47 Å². The molecule has 6 aromatic rings. The Hall–Kier alpha value is -6.93. The van der Waals surface area contributed by atoms with Crippen LogP contribution in [-0.4, -0.2) is 91.2 Å². The molecule has 2 aliphatic heterocycles. The molecule has 10 rings (SSSR count). The van der Waals surface area contributed by atoms with Gasteiger partial charge in [0.2, 0.25) is 0 Å². The minimum atomic E-state index is -1.00. The van der Waals surface area contributed by atoms with Gasteiger partial charge in [-0.2, -0.15) is 10.2 Å². The van der Waals surface area contributed by atoms with E-state index in [1.165, 1.54) is 46.6 Å². The molecule has 69 heavy (non-hydrogen) atoms. The second-order valence-corrected chi connectivity index (χ2v) is 18.1. The highest BCUT2D eigenvalue weighted by atomic mass is 79.9. The van der Waals surface area contributed by atoms with Crippen LogP contribution in [0.3, 0.4) is 0 Å². The van der Waals surface area contributed by atoms with Gasteiger partial charge in [-0.1, -0.05) is 88.8 Å². The molecule has 2 aliphatic carbocycles. The number of alkyl halides is 2. The van der Waals surface area contributed by atoms with Gasteiger partial charge in [-0.25, -0.2) is 0 Å². The molecular formula is C55H58BrFN6O6. The largest absolute Gasteiger partial charge is 0.493 e. The van der Waals surface area contributed by atoms with Crippen molar-refractivity contribution in [1.29, 1.82) is 0 Å². The van der Waals surface area contributed by atoms with Gasteiger partial charge in [0.15, 0.2) is 0 Å². The van der Waals surface area contributed by atoms with Crippen molar-refractivity contribution in [2.75, 3.05) is 25.7 Å². The summed E-state index contributed by atoms with van der Waals surface area (Å²) in [6.07, 6.45) is 21.8. The zero-order valence-electron chi connectivity index (χ0n) is 39.9. The fraction of sp³-hybridized carbons (Fsp3) is 0.309. The van der Waals surface area contributed by atoms with E-state index in [0.29, 0.717) is 22.3 Å². The maximum Gasteiger partial charge on any atom is 0.262 e. The monoisotopic (exact) mass is 997 g/mol. The van der Waals surface area contributed by atoms with Crippen LogP contribution >= 0.6 is 15.9 Å². The van der Waals surface area contributed by atoms with Crippen molar-refractivity contribution >= 4 is 51.7 Å². The fourth-order valence-electron chi connectivity index (χ4n) is 7.62. The summed E-state index contributed by atoms with van der Waals surface area (Å²) in [4.78, 5) is 52.4. The summed E-state index contributed by atoms with van der Waals surface area (Å²) in [5.41, 5.74) is 6.32. The van der Waals surface area contributed by atoms with Crippen LogP contribution < -0.4 is 9.47 Å². The lowest BCUT2D eigenvalue weighted by atomic mass is 10.1. The molecule has 4 amide bonds. The van der Waals surface area contributed by atoms with Crippen LogP contribution in [0, 0.1) is 11.8 Å². The fourth-order valence-corrected chi connectivity index (χ4v) is 8.08. The molecule has 1 N–H and O–H groups in total. The van der Waals surface area contributed by atoms with Crippen molar-refractivity contribution in [3.63, 3.8) is 0 Å². The van der Waals surface area contributed by atoms with Gasteiger partial charge in [-0.3, -0.25) is 43.1 Å². The number of hydrogen-bond donors (Lipinski definition) is 1. The van der Waals surface area contributed by atoms with E-state index in [0.717, 1.165) is 72.4 Å². The lowest BCUT2D eigenvalue weighted by molar-refractivity contribution is 0.0609. The maximum atomic E-state index is 12.6. The Morgan fingerprint density at radius 3 is 1.52 bits per heavy atom. The minimum absolute atomic E-state index is 0.241. The van der Waals surface area contributed by atoms with Gasteiger partial charge in [0.25, 0.3) is 23.6 Å². The number of nitrogens with zero attached hydrogens (tertiary/aromatic N) is 5. The first kappa shape index (κ1) is 48.5. The van der Waals surface area contributed by atoms with Crippen molar-refractivity contribution in [1.82, 2.24) is 29.8 Å². The lowest BCUT2D eigenvalue weighted by Gasteiger charge is -2.19. The number of carbonyl (C=O) groups is 4. The Balaban J connectivity index is 0.000000165. The molecule has 358 valence electrons. The van der Waals surface area contributed by atoms with Crippen LogP contribution in [0.1, 0.15) is 105 Å². The van der Waals surface area contributed by atoms with Gasteiger partial charge in [-0.15, -0.1) is 0 Å². The number of rotatable bonds is 17. The molecule has 0 saturated heterocycles. The molecule has 0 spiro atoms. The molecule has 4 aromatic carbocycles. The second kappa shape index (κ2) is 24.4. The van der Waals surface area contributed by atoms with E-state index in [1.807, 2.05) is 61.2 Å². The lowest BCUT2D eigenvalue weighted by Crippen LogP contribution is -2.36. The summed E-state index contributed by atoms with van der Waals surface area (Å²) in [7, 11) is -1.00. The molecule has 4 aliphatic rings. The van der Waals surface area contributed by atoms with Gasteiger partial charge in [0, 0.05) is 35.4 Å². The van der Waals surface area contributed by atoms with Crippen LogP contribution in [-0.2, 0) is 19.4 Å². The van der Waals surface area contributed by atoms with E-state index in [-0.39, 0.29) is 35.7 Å². The smallest absolute Gasteiger partial charge is 0.262 e. The number of amides is 4. The number of nitrogens with one attached hydrogen (secondary N) is 1. The van der Waals surface area contributed by atoms with Crippen molar-refractivity contribution in [2.45, 2.75) is 71.0 Å². The molecular weight excluding hydrogens is 940 g/mol. The van der Waals surface area contributed by atoms with Crippen molar-refractivity contribution < 1.29 is 34.4 Å². The van der Waals surface area contributed by atoms with E-state index >= 15 is 0 Å². The third kappa shape index (κ3) is 13.6. The Morgan fingerprint density at radius 1 is 0.681 bits per heavy atom. The summed E-state index contributed by atoms with van der Waals surface area (Å²) in [6, 6.07) is 29.9. The topological polar surface area (TPSA) is 140 Å². The molecule has 12 nitrogen and oxygen atoms in total. The van der Waals surface area contributed by atoms with Gasteiger partial charge in [0.1, 0.15) is 11.5 Å². The van der Waals surface area contributed by atoms with Crippen LogP contribution in [0.4, 0.5) is 4.39 Å². The average molecular weight is 999 g/mol. The van der Waals surface area contributed by atoms with E-state index in [4.69, 9.17) is 10.8 Å². The first-order chi connectivity index (χ1) is 34.1. The summed E-state index contributed by atoms with van der Waals surface area (Å²) >= 11 is 3.43. The Labute approximate surface area is 412 Å². The number of ether oxygens (including phenoxy) is 2. The molecule has 2 saturated carbocycles. The van der Waals surface area contributed by atoms with Crippen molar-refractivity contribution in [3.05, 3.63) is 179 Å². The molecule has 0 unspecified atom stereocenters. The van der Waals surface area contributed by atoms with Gasteiger partial charge in [0.05, 0.1) is 68.5 Å². The SMILES string of the molecule is BrCCc1ccc(OCC2CC2)cc1.C[C@@H](/C=C/c1cn[nH]c1)N1C(=O)c2ccccc2C1=O.C[C@@H](/C=C/c1cnn(CCc2ccc(OCC3CC3)cc2)c1)N1C(=O)c2ccccc2C1=O.[2H]CF. The van der Waals surface area contributed by atoms with Crippen LogP contribution in [0.5, 0.6) is 11.5 Å². The normalized spacial score (nSPS) is 15.9. The number of aromatic amines is 1. The van der Waals surface area contributed by atoms with E-state index in [2.05, 4.69) is 67.6 Å². The molecule has 2 atom stereocenters. The number of fused-ring (bicyclic) bond motifs is 2. The highest BCUT2D eigenvalue weighted by molar-refractivity contribution is 9.09.